The molecule has 2 rings (SSSR count). The molecule has 0 spiro atoms. The summed E-state index contributed by atoms with van der Waals surface area (Å²) in [4.78, 5) is 8.01. The minimum Gasteiger partial charge on any atom is -0.393 e. The molecule has 144 valence electrons. The number of guanidine groups is 1. The molecule has 0 unspecified atom stereocenters. The maximum atomic E-state index is 12.5. The molecule has 1 aliphatic rings. The molecule has 25 heavy (non-hydrogen) atoms. The lowest BCUT2D eigenvalue weighted by molar-refractivity contribution is -0.140. The number of hydrogen-bond donors (Lipinski definition) is 3. The highest BCUT2D eigenvalue weighted by molar-refractivity contribution is 14.0. The number of hydrogen-bond acceptors (Lipinski definition) is 4. The van der Waals surface area contributed by atoms with Crippen molar-refractivity contribution in [3.8, 4) is 0 Å². The van der Waals surface area contributed by atoms with Gasteiger partial charge in [-0.3, -0.25) is 4.99 Å². The van der Waals surface area contributed by atoms with Crippen LogP contribution in [0.4, 0.5) is 13.2 Å². The van der Waals surface area contributed by atoms with Gasteiger partial charge in [0.15, 0.2) is 11.7 Å². The number of rotatable bonds is 5. The molecule has 1 aliphatic carbocycles. The van der Waals surface area contributed by atoms with Gasteiger partial charge in [0.05, 0.1) is 11.1 Å². The van der Waals surface area contributed by atoms with Crippen molar-refractivity contribution in [2.45, 2.75) is 57.3 Å². The van der Waals surface area contributed by atoms with Gasteiger partial charge < -0.3 is 15.7 Å². The molecule has 0 amide bonds. The minimum absolute atomic E-state index is 0. The van der Waals surface area contributed by atoms with Crippen LogP contribution in [0.2, 0.25) is 0 Å². The van der Waals surface area contributed by atoms with E-state index >= 15 is 0 Å². The Labute approximate surface area is 166 Å². The SMILES string of the molecule is CCNC(=NCCc1nc(C(F)(F)F)cs1)NC1CCC(O)CC1.I. The van der Waals surface area contributed by atoms with Crippen LogP contribution in [0.5, 0.6) is 0 Å². The lowest BCUT2D eigenvalue weighted by Gasteiger charge is -2.27. The first-order valence-corrected chi connectivity index (χ1v) is 9.01. The van der Waals surface area contributed by atoms with Crippen molar-refractivity contribution in [3.63, 3.8) is 0 Å². The lowest BCUT2D eigenvalue weighted by atomic mass is 9.93. The number of nitrogens with zero attached hydrogens (tertiary/aromatic N) is 2. The summed E-state index contributed by atoms with van der Waals surface area (Å²) in [6.07, 6.45) is -0.914. The standard InChI is InChI=1S/C15H23F3N4OS.HI/c1-2-19-14(21-10-3-5-11(23)6-4-10)20-8-7-13-22-12(9-24-13)15(16,17)18;/h9-11,23H,2-8H2,1H3,(H2,19,20,21);1H. The summed E-state index contributed by atoms with van der Waals surface area (Å²) < 4.78 is 37.6. The van der Waals surface area contributed by atoms with Gasteiger partial charge in [-0.2, -0.15) is 13.2 Å². The number of thiazole rings is 1. The fraction of sp³-hybridized carbons (Fsp3) is 0.733. The molecule has 0 bridgehead atoms. The van der Waals surface area contributed by atoms with Gasteiger partial charge >= 0.3 is 6.18 Å². The van der Waals surface area contributed by atoms with Gasteiger partial charge in [-0.25, -0.2) is 4.98 Å². The van der Waals surface area contributed by atoms with Crippen LogP contribution in [0.3, 0.4) is 0 Å². The molecule has 10 heteroatoms. The molecule has 0 atom stereocenters. The Balaban J connectivity index is 0.00000312. The van der Waals surface area contributed by atoms with Crippen molar-refractivity contribution < 1.29 is 18.3 Å². The highest BCUT2D eigenvalue weighted by atomic mass is 127. The van der Waals surface area contributed by atoms with E-state index < -0.39 is 11.9 Å². The monoisotopic (exact) mass is 492 g/mol. The van der Waals surface area contributed by atoms with Gasteiger partial charge in [0.25, 0.3) is 0 Å². The fourth-order valence-electron chi connectivity index (χ4n) is 2.55. The fourth-order valence-corrected chi connectivity index (χ4v) is 3.35. The van der Waals surface area contributed by atoms with Crippen molar-refractivity contribution in [3.05, 3.63) is 16.1 Å². The number of aliphatic hydroxyl groups excluding tert-OH is 1. The van der Waals surface area contributed by atoms with Gasteiger partial charge in [-0.05, 0) is 32.6 Å². The van der Waals surface area contributed by atoms with E-state index in [0.29, 0.717) is 30.5 Å². The van der Waals surface area contributed by atoms with E-state index in [1.807, 2.05) is 6.92 Å². The summed E-state index contributed by atoms with van der Waals surface area (Å²) in [6, 6.07) is 0.267. The Hall–Kier alpha value is -0.620. The molecule has 1 fully saturated rings. The Bertz CT molecular complexity index is 545. The van der Waals surface area contributed by atoms with Crippen LogP contribution in [0.15, 0.2) is 10.4 Å². The number of halogens is 4. The minimum atomic E-state index is -4.39. The maximum Gasteiger partial charge on any atom is 0.434 e. The highest BCUT2D eigenvalue weighted by Crippen LogP contribution is 2.30. The summed E-state index contributed by atoms with van der Waals surface area (Å²) >= 11 is 1.01. The zero-order valence-corrected chi connectivity index (χ0v) is 17.1. The quantitative estimate of drug-likeness (QED) is 0.336. The van der Waals surface area contributed by atoms with Crippen LogP contribution in [-0.2, 0) is 12.6 Å². The predicted octanol–water partition coefficient (Wildman–Crippen LogP) is 3.18. The molecule has 1 heterocycles. The van der Waals surface area contributed by atoms with E-state index in [9.17, 15) is 18.3 Å². The molecule has 0 saturated heterocycles. The molecule has 3 N–H and O–H groups in total. The smallest absolute Gasteiger partial charge is 0.393 e. The number of aliphatic imine (C=N–C) groups is 1. The van der Waals surface area contributed by atoms with Crippen LogP contribution in [0.1, 0.15) is 43.3 Å². The van der Waals surface area contributed by atoms with E-state index in [2.05, 4.69) is 20.6 Å². The first kappa shape index (κ1) is 22.4. The summed E-state index contributed by atoms with van der Waals surface area (Å²) in [7, 11) is 0. The third-order valence-corrected chi connectivity index (χ3v) is 4.73. The Morgan fingerprint density at radius 1 is 1.36 bits per heavy atom. The zero-order valence-electron chi connectivity index (χ0n) is 14.0. The Morgan fingerprint density at radius 2 is 2.04 bits per heavy atom. The van der Waals surface area contributed by atoms with Crippen LogP contribution in [0, 0.1) is 0 Å². The maximum absolute atomic E-state index is 12.5. The molecule has 5 nitrogen and oxygen atoms in total. The van der Waals surface area contributed by atoms with E-state index in [1.54, 1.807) is 0 Å². The Kier molecular flexibility index (Phi) is 9.43. The summed E-state index contributed by atoms with van der Waals surface area (Å²) in [5, 5.41) is 17.5. The molecule has 0 radical (unpaired) electrons. The van der Waals surface area contributed by atoms with Crippen LogP contribution >= 0.6 is 35.3 Å². The molecular formula is C15H24F3IN4OS. The van der Waals surface area contributed by atoms with Crippen molar-refractivity contribution in [2.75, 3.05) is 13.1 Å². The van der Waals surface area contributed by atoms with Crippen molar-refractivity contribution >= 4 is 41.3 Å². The van der Waals surface area contributed by atoms with Crippen LogP contribution in [-0.4, -0.2) is 41.3 Å². The summed E-state index contributed by atoms with van der Waals surface area (Å²) in [5.41, 5.74) is -0.836. The van der Waals surface area contributed by atoms with Gasteiger partial charge in [0.1, 0.15) is 0 Å². The second kappa shape index (κ2) is 10.5. The van der Waals surface area contributed by atoms with Crippen molar-refractivity contribution in [2.24, 2.45) is 4.99 Å². The Morgan fingerprint density at radius 3 is 2.60 bits per heavy atom. The number of nitrogens with one attached hydrogen (secondary N) is 2. The van der Waals surface area contributed by atoms with Crippen molar-refractivity contribution in [1.82, 2.24) is 15.6 Å². The van der Waals surface area contributed by atoms with Gasteiger partial charge in [-0.15, -0.1) is 35.3 Å². The molecule has 1 aromatic rings. The van der Waals surface area contributed by atoms with Crippen LogP contribution in [0.25, 0.3) is 0 Å². The normalized spacial score (nSPS) is 21.6. The summed E-state index contributed by atoms with van der Waals surface area (Å²) in [6.45, 7) is 3.03. The van der Waals surface area contributed by atoms with Gasteiger partial charge in [-0.1, -0.05) is 0 Å². The topological polar surface area (TPSA) is 69.5 Å². The van der Waals surface area contributed by atoms with Crippen molar-refractivity contribution in [1.29, 1.82) is 0 Å². The molecular weight excluding hydrogens is 468 g/mol. The largest absolute Gasteiger partial charge is 0.434 e. The second-order valence-electron chi connectivity index (χ2n) is 5.78. The third-order valence-electron chi connectivity index (χ3n) is 3.82. The lowest BCUT2D eigenvalue weighted by Crippen LogP contribution is -2.45. The van der Waals surface area contributed by atoms with Gasteiger partial charge in [0, 0.05) is 30.9 Å². The zero-order chi connectivity index (χ0) is 17.6. The van der Waals surface area contributed by atoms with Crippen LogP contribution < -0.4 is 10.6 Å². The average molecular weight is 492 g/mol. The number of aromatic nitrogens is 1. The van der Waals surface area contributed by atoms with E-state index in [1.165, 1.54) is 0 Å². The average Bonchev–Trinajstić information content (AvgIpc) is 2.99. The molecule has 0 aromatic carbocycles. The highest BCUT2D eigenvalue weighted by Gasteiger charge is 2.33. The first-order valence-electron chi connectivity index (χ1n) is 8.13. The van der Waals surface area contributed by atoms with E-state index in [-0.39, 0.29) is 36.1 Å². The number of aliphatic hydroxyl groups is 1. The first-order chi connectivity index (χ1) is 11.4. The van der Waals surface area contributed by atoms with Gasteiger partial charge in [0.2, 0.25) is 0 Å². The third kappa shape index (κ3) is 7.65. The second-order valence-corrected chi connectivity index (χ2v) is 6.73. The van der Waals surface area contributed by atoms with E-state index in [4.69, 9.17) is 0 Å². The predicted molar refractivity (Wildman–Crippen MR) is 104 cm³/mol. The molecule has 1 aromatic heterocycles. The molecule has 1 saturated carbocycles. The molecule has 0 aliphatic heterocycles. The summed E-state index contributed by atoms with van der Waals surface area (Å²) in [5.74, 6) is 0.659. The number of alkyl halides is 3. The van der Waals surface area contributed by atoms with E-state index in [0.717, 1.165) is 42.4 Å².